The number of ether oxygens (including phenoxy) is 4. The second-order valence-electron chi connectivity index (χ2n) is 7.93. The topological polar surface area (TPSA) is 91.3 Å². The average Bonchev–Trinajstić information content (AvgIpc) is 2.85. The zero-order valence-electron chi connectivity index (χ0n) is 20.2. The summed E-state index contributed by atoms with van der Waals surface area (Å²) in [6, 6.07) is 20.9. The van der Waals surface area contributed by atoms with Gasteiger partial charge in [0.25, 0.3) is 0 Å². The molecule has 0 heterocycles. The molecule has 35 heavy (non-hydrogen) atoms. The number of benzene rings is 3. The molecule has 0 radical (unpaired) electrons. The van der Waals surface area contributed by atoms with Gasteiger partial charge >= 0.3 is 5.97 Å². The van der Waals surface area contributed by atoms with Crippen LogP contribution >= 0.6 is 0 Å². The number of carboxylic acids is 1. The van der Waals surface area contributed by atoms with E-state index in [0.29, 0.717) is 42.4 Å². The zero-order chi connectivity index (χ0) is 25.2. The molecule has 2 aromatic carbocycles. The van der Waals surface area contributed by atoms with E-state index in [1.54, 1.807) is 36.4 Å². The lowest BCUT2D eigenvalue weighted by Crippen LogP contribution is -2.24. The number of ketones is 1. The van der Waals surface area contributed by atoms with Crippen LogP contribution in [0.25, 0.3) is 11.1 Å². The van der Waals surface area contributed by atoms with Crippen LogP contribution in [0.3, 0.4) is 0 Å². The lowest BCUT2D eigenvalue weighted by Gasteiger charge is -2.15. The van der Waals surface area contributed by atoms with E-state index in [4.69, 9.17) is 24.1 Å². The summed E-state index contributed by atoms with van der Waals surface area (Å²) in [6.07, 6.45) is -0.0742. The minimum absolute atomic E-state index is 0.0414. The van der Waals surface area contributed by atoms with Crippen LogP contribution in [0.5, 0.6) is 17.2 Å². The maximum Gasteiger partial charge on any atom is 0.333 e. The summed E-state index contributed by atoms with van der Waals surface area (Å²) in [4.78, 5) is 22.7. The SMILES string of the molecule is COc1cc(CC(OC)C(=O)O)ccc1OCCCOc1ccccc1C(C)=O.c1cc2ccc1-2. The van der Waals surface area contributed by atoms with Gasteiger partial charge in [-0.05, 0) is 47.9 Å². The Morgan fingerprint density at radius 2 is 1.46 bits per heavy atom. The number of hydrogen-bond acceptors (Lipinski definition) is 6. The van der Waals surface area contributed by atoms with Gasteiger partial charge in [-0.2, -0.15) is 0 Å². The van der Waals surface area contributed by atoms with Crippen molar-refractivity contribution in [2.45, 2.75) is 25.9 Å². The van der Waals surface area contributed by atoms with Gasteiger partial charge in [0.1, 0.15) is 5.75 Å². The fraction of sp³-hybridized carbons (Fsp3) is 0.286. The van der Waals surface area contributed by atoms with Crippen molar-refractivity contribution < 1.29 is 33.6 Å². The molecule has 184 valence electrons. The van der Waals surface area contributed by atoms with Crippen LogP contribution in [-0.2, 0) is 16.0 Å². The van der Waals surface area contributed by atoms with Crippen LogP contribution in [0.15, 0.2) is 66.7 Å². The predicted molar refractivity (Wildman–Crippen MR) is 133 cm³/mol. The smallest absolute Gasteiger partial charge is 0.333 e. The molecule has 2 aliphatic carbocycles. The lowest BCUT2D eigenvalue weighted by molar-refractivity contribution is -0.148. The molecule has 7 heteroatoms. The first kappa shape index (κ1) is 25.8. The molecular formula is C28H30O7. The molecule has 1 N–H and O–H groups in total. The Morgan fingerprint density at radius 3 is 1.97 bits per heavy atom. The normalized spacial score (nSPS) is 11.5. The summed E-state index contributed by atoms with van der Waals surface area (Å²) >= 11 is 0. The van der Waals surface area contributed by atoms with Crippen molar-refractivity contribution in [3.8, 4) is 28.4 Å². The van der Waals surface area contributed by atoms with Gasteiger partial charge in [-0.1, -0.05) is 42.5 Å². The van der Waals surface area contributed by atoms with E-state index in [-0.39, 0.29) is 12.2 Å². The van der Waals surface area contributed by atoms with E-state index in [0.717, 1.165) is 5.56 Å². The number of aliphatic carboxylic acids is 1. The third kappa shape index (κ3) is 7.07. The van der Waals surface area contributed by atoms with Crippen LogP contribution in [0, 0.1) is 0 Å². The number of carbonyl (C=O) groups excluding carboxylic acids is 1. The summed E-state index contributed by atoms with van der Waals surface area (Å²) in [6.45, 7) is 2.30. The number of rotatable bonds is 12. The summed E-state index contributed by atoms with van der Waals surface area (Å²) in [5, 5.41) is 9.10. The van der Waals surface area contributed by atoms with Gasteiger partial charge in [0.05, 0.1) is 25.9 Å². The third-order valence-corrected chi connectivity index (χ3v) is 5.50. The maximum absolute atomic E-state index is 11.6. The molecular weight excluding hydrogens is 448 g/mol. The van der Waals surface area contributed by atoms with E-state index < -0.39 is 12.1 Å². The van der Waals surface area contributed by atoms with Crippen molar-refractivity contribution >= 4 is 11.8 Å². The Labute approximate surface area is 205 Å². The second-order valence-corrected chi connectivity index (χ2v) is 7.93. The molecule has 0 saturated carbocycles. The summed E-state index contributed by atoms with van der Waals surface area (Å²) in [5.74, 6) is 0.585. The number of methoxy groups -OCH3 is 2. The molecule has 0 aromatic heterocycles. The van der Waals surface area contributed by atoms with Gasteiger partial charge in [0, 0.05) is 20.0 Å². The molecule has 0 amide bonds. The fourth-order valence-electron chi connectivity index (χ4n) is 3.41. The zero-order valence-corrected chi connectivity index (χ0v) is 20.2. The molecule has 0 fully saturated rings. The van der Waals surface area contributed by atoms with Gasteiger partial charge in [-0.3, -0.25) is 4.79 Å². The van der Waals surface area contributed by atoms with Crippen molar-refractivity contribution in [3.63, 3.8) is 0 Å². The van der Waals surface area contributed by atoms with Crippen LogP contribution in [0.2, 0.25) is 0 Å². The van der Waals surface area contributed by atoms with Crippen LogP contribution < -0.4 is 14.2 Å². The van der Waals surface area contributed by atoms with Gasteiger partial charge in [-0.25, -0.2) is 4.79 Å². The highest BCUT2D eigenvalue weighted by Crippen LogP contribution is 2.30. The fourth-order valence-corrected chi connectivity index (χ4v) is 3.41. The number of carbonyl (C=O) groups is 2. The Morgan fingerprint density at radius 1 is 0.829 bits per heavy atom. The molecule has 2 aromatic rings. The van der Waals surface area contributed by atoms with E-state index in [1.165, 1.54) is 32.3 Å². The number of hydrogen-bond donors (Lipinski definition) is 1. The first-order chi connectivity index (χ1) is 16.9. The molecule has 0 aliphatic heterocycles. The van der Waals surface area contributed by atoms with Crippen molar-refractivity contribution in [3.05, 3.63) is 77.9 Å². The number of fused-ring (bicyclic) bond motifs is 1. The summed E-state index contributed by atoms with van der Waals surface area (Å²) < 4.78 is 21.8. The second kappa shape index (κ2) is 12.6. The lowest BCUT2D eigenvalue weighted by atomic mass is 9.95. The van der Waals surface area contributed by atoms with Gasteiger partial charge in [0.15, 0.2) is 23.4 Å². The highest BCUT2D eigenvalue weighted by Gasteiger charge is 2.18. The molecule has 0 bridgehead atoms. The van der Waals surface area contributed by atoms with Crippen molar-refractivity contribution in [1.29, 1.82) is 0 Å². The minimum Gasteiger partial charge on any atom is -0.493 e. The Hall–Kier alpha value is -3.84. The van der Waals surface area contributed by atoms with Crippen LogP contribution in [0.4, 0.5) is 0 Å². The van der Waals surface area contributed by atoms with Crippen molar-refractivity contribution in [1.82, 2.24) is 0 Å². The Balaban J connectivity index is 0.000000485. The largest absolute Gasteiger partial charge is 0.493 e. The quantitative estimate of drug-likeness (QED) is 0.225. The molecule has 1 atom stereocenters. The molecule has 7 nitrogen and oxygen atoms in total. The van der Waals surface area contributed by atoms with Gasteiger partial charge in [0.2, 0.25) is 0 Å². The average molecular weight is 479 g/mol. The standard InChI is InChI=1S/C22H26O7.C6H4/c1-15(23)17-7-4-5-8-18(17)28-11-6-12-29-19-10-9-16(13-20(19)26-2)14-21(27-3)22(24)25;1-2-6-4-3-5(1)6/h4-5,7-10,13,21H,6,11-12,14H2,1-3H3,(H,24,25);1-4H. The van der Waals surface area contributed by atoms with E-state index in [2.05, 4.69) is 24.3 Å². The highest BCUT2D eigenvalue weighted by molar-refractivity contribution is 5.96. The monoisotopic (exact) mass is 478 g/mol. The van der Waals surface area contributed by atoms with E-state index in [9.17, 15) is 9.59 Å². The number of carboxylic acid groups (broad SMARTS) is 1. The minimum atomic E-state index is -1.02. The highest BCUT2D eigenvalue weighted by atomic mass is 16.5. The Kier molecular flexibility index (Phi) is 9.26. The predicted octanol–water partition coefficient (Wildman–Crippen LogP) is 5.05. The molecule has 4 rings (SSSR count). The molecule has 0 spiro atoms. The maximum atomic E-state index is 11.6. The van der Waals surface area contributed by atoms with Crippen LogP contribution in [0.1, 0.15) is 29.3 Å². The van der Waals surface area contributed by atoms with Gasteiger partial charge in [-0.15, -0.1) is 0 Å². The summed E-state index contributed by atoms with van der Waals surface area (Å²) in [5.41, 5.74) is 4.18. The van der Waals surface area contributed by atoms with Crippen molar-refractivity contribution in [2.24, 2.45) is 0 Å². The number of para-hydroxylation sites is 1. The van der Waals surface area contributed by atoms with E-state index >= 15 is 0 Å². The third-order valence-electron chi connectivity index (χ3n) is 5.50. The molecule has 2 aliphatic rings. The summed E-state index contributed by atoms with van der Waals surface area (Å²) in [7, 11) is 2.89. The first-order valence-corrected chi connectivity index (χ1v) is 11.3. The Bertz CT molecular complexity index is 1120. The van der Waals surface area contributed by atoms with Crippen molar-refractivity contribution in [2.75, 3.05) is 27.4 Å². The van der Waals surface area contributed by atoms with E-state index in [1.807, 2.05) is 6.07 Å². The molecule has 0 saturated heterocycles. The molecule has 1 unspecified atom stereocenters. The number of Topliss-reactive ketones (excluding diaryl/α,β-unsaturated/α-hetero) is 1. The first-order valence-electron chi connectivity index (χ1n) is 11.3. The van der Waals surface area contributed by atoms with Gasteiger partial charge < -0.3 is 24.1 Å². The van der Waals surface area contributed by atoms with Crippen LogP contribution in [-0.4, -0.2) is 50.4 Å².